The van der Waals surface area contributed by atoms with E-state index in [2.05, 4.69) is 11.8 Å². The molecule has 3 rings (SSSR count). The van der Waals surface area contributed by atoms with Crippen LogP contribution in [0.4, 0.5) is 0 Å². The minimum Gasteiger partial charge on any atom is -0.293 e. The van der Waals surface area contributed by atoms with Crippen LogP contribution in [0.1, 0.15) is 13.3 Å². The lowest BCUT2D eigenvalue weighted by Crippen LogP contribution is -2.29. The van der Waals surface area contributed by atoms with Gasteiger partial charge in [-0.1, -0.05) is 6.92 Å². The largest absolute Gasteiger partial charge is 0.293 e. The molecule has 2 saturated heterocycles. The van der Waals surface area contributed by atoms with Gasteiger partial charge in [0.15, 0.2) is 0 Å². The van der Waals surface area contributed by atoms with E-state index in [1.54, 1.807) is 0 Å². The molecular weight excluding hydrogens is 86.1 g/mol. The molecule has 1 nitrogen and oxygen atoms in total. The Labute approximate surface area is 43.3 Å². The van der Waals surface area contributed by atoms with Gasteiger partial charge in [0.1, 0.15) is 0 Å². The molecule has 3 atom stereocenters. The zero-order valence-electron chi connectivity index (χ0n) is 4.57. The number of piperidine rings is 1. The molecule has 3 aliphatic rings. The minimum atomic E-state index is 0.826. The molecule has 0 bridgehead atoms. The van der Waals surface area contributed by atoms with Gasteiger partial charge in [0.05, 0.1) is 0 Å². The van der Waals surface area contributed by atoms with Crippen LogP contribution < -0.4 is 0 Å². The van der Waals surface area contributed by atoms with Crippen LogP contribution in [0.25, 0.3) is 0 Å². The molecule has 3 unspecified atom stereocenters. The van der Waals surface area contributed by atoms with Crippen LogP contribution in [0, 0.1) is 5.41 Å². The van der Waals surface area contributed by atoms with Gasteiger partial charge in [-0.05, 0) is 6.42 Å². The molecule has 0 amide bonds. The molecule has 0 aromatic heterocycles. The molecule has 1 saturated carbocycles. The molecule has 0 N–H and O–H groups in total. The maximum atomic E-state index is 2.58. The van der Waals surface area contributed by atoms with E-state index < -0.39 is 0 Å². The Morgan fingerprint density at radius 3 is 2.29 bits per heavy atom. The topological polar surface area (TPSA) is 3.01 Å². The molecule has 38 valence electrons. The Morgan fingerprint density at radius 2 is 2.29 bits per heavy atom. The number of nitrogens with zero attached hydrogens (tertiary/aromatic N) is 1. The third-order valence-electron chi connectivity index (χ3n) is 3.18. The lowest BCUT2D eigenvalue weighted by atomic mass is 10.0. The van der Waals surface area contributed by atoms with Crippen LogP contribution in [0.5, 0.6) is 0 Å². The first-order valence-corrected chi connectivity index (χ1v) is 3.02. The Hall–Kier alpha value is -0.0400. The van der Waals surface area contributed by atoms with Gasteiger partial charge in [-0.2, -0.15) is 0 Å². The Bertz CT molecular complexity index is 148. The van der Waals surface area contributed by atoms with E-state index in [-0.39, 0.29) is 0 Å². The first-order valence-electron chi connectivity index (χ1n) is 3.02. The molecule has 7 heavy (non-hydrogen) atoms. The van der Waals surface area contributed by atoms with Gasteiger partial charge in [0.2, 0.25) is 0 Å². The van der Waals surface area contributed by atoms with Crippen molar-refractivity contribution in [2.75, 3.05) is 13.1 Å². The highest BCUT2D eigenvalue weighted by atomic mass is 15.5. The molecule has 2 aliphatic heterocycles. The van der Waals surface area contributed by atoms with E-state index in [1.807, 2.05) is 0 Å². The summed E-state index contributed by atoms with van der Waals surface area (Å²) in [5, 5.41) is 0. The zero-order chi connectivity index (χ0) is 4.70. The summed E-state index contributed by atoms with van der Waals surface area (Å²) in [5.74, 6) is 0. The van der Waals surface area contributed by atoms with Crippen molar-refractivity contribution in [3.63, 3.8) is 0 Å². The van der Waals surface area contributed by atoms with E-state index in [0.29, 0.717) is 0 Å². The smallest absolute Gasteiger partial charge is 0.0410 e. The van der Waals surface area contributed by atoms with E-state index in [4.69, 9.17) is 0 Å². The van der Waals surface area contributed by atoms with Crippen LogP contribution in [0.3, 0.4) is 0 Å². The molecule has 0 radical (unpaired) electrons. The SMILES string of the molecule is CC12CN3CC31C2. The third kappa shape index (κ3) is 0.129. The fraction of sp³-hybridized carbons (Fsp3) is 1.00. The summed E-state index contributed by atoms with van der Waals surface area (Å²) in [5.41, 5.74) is 1.65. The van der Waals surface area contributed by atoms with Crippen molar-refractivity contribution < 1.29 is 0 Å². The van der Waals surface area contributed by atoms with Gasteiger partial charge in [0, 0.05) is 24.0 Å². The van der Waals surface area contributed by atoms with Crippen molar-refractivity contribution >= 4 is 0 Å². The highest BCUT2D eigenvalue weighted by molar-refractivity contribution is 5.40. The molecule has 0 aromatic rings. The average molecular weight is 95.1 g/mol. The van der Waals surface area contributed by atoms with E-state index in [1.165, 1.54) is 19.5 Å². The van der Waals surface area contributed by atoms with Crippen molar-refractivity contribution in [1.29, 1.82) is 0 Å². The third-order valence-corrected chi connectivity index (χ3v) is 3.18. The van der Waals surface area contributed by atoms with E-state index in [0.717, 1.165) is 11.0 Å². The second-order valence-electron chi connectivity index (χ2n) is 3.63. The second-order valence-corrected chi connectivity index (χ2v) is 3.63. The first kappa shape index (κ1) is 3.08. The Morgan fingerprint density at radius 1 is 1.43 bits per heavy atom. The fourth-order valence-electron chi connectivity index (χ4n) is 2.36. The Balaban J connectivity index is 2.19. The summed E-state index contributed by atoms with van der Waals surface area (Å²) >= 11 is 0. The molecule has 2 heterocycles. The van der Waals surface area contributed by atoms with E-state index >= 15 is 0 Å². The van der Waals surface area contributed by atoms with Gasteiger partial charge in [-0.15, -0.1) is 0 Å². The van der Waals surface area contributed by atoms with Crippen molar-refractivity contribution in [2.45, 2.75) is 18.9 Å². The highest BCUT2D eigenvalue weighted by Crippen LogP contribution is 2.77. The maximum Gasteiger partial charge on any atom is 0.0410 e. The van der Waals surface area contributed by atoms with Crippen molar-refractivity contribution in [3.8, 4) is 0 Å². The Kier molecular flexibility index (Phi) is 0.200. The summed E-state index contributed by atoms with van der Waals surface area (Å²) in [6.07, 6.45) is 1.51. The molecular formula is C6H9N. The monoisotopic (exact) mass is 95.1 g/mol. The van der Waals surface area contributed by atoms with Crippen molar-refractivity contribution in [3.05, 3.63) is 0 Å². The lowest BCUT2D eigenvalue weighted by molar-refractivity contribution is 0.270. The first-order chi connectivity index (χ1) is 3.27. The second kappa shape index (κ2) is 0.455. The van der Waals surface area contributed by atoms with Gasteiger partial charge >= 0.3 is 0 Å². The summed E-state index contributed by atoms with van der Waals surface area (Å²) in [4.78, 5) is 2.58. The summed E-state index contributed by atoms with van der Waals surface area (Å²) in [7, 11) is 0. The van der Waals surface area contributed by atoms with Gasteiger partial charge in [-0.3, -0.25) is 4.90 Å². The molecule has 1 spiro atoms. The average Bonchev–Trinajstić information content (AvgIpc) is 2.27. The summed E-state index contributed by atoms with van der Waals surface area (Å²) < 4.78 is 0. The van der Waals surface area contributed by atoms with Crippen LogP contribution in [-0.4, -0.2) is 23.5 Å². The summed E-state index contributed by atoms with van der Waals surface area (Å²) in [6.45, 7) is 5.26. The van der Waals surface area contributed by atoms with Crippen LogP contribution in [0.2, 0.25) is 0 Å². The number of hydrogen-bond acceptors (Lipinski definition) is 1. The van der Waals surface area contributed by atoms with Gasteiger partial charge in [-0.25, -0.2) is 0 Å². The van der Waals surface area contributed by atoms with Crippen molar-refractivity contribution in [2.24, 2.45) is 5.41 Å². The lowest BCUT2D eigenvalue weighted by Gasteiger charge is -2.19. The number of rotatable bonds is 0. The molecule has 1 heteroatoms. The minimum absolute atomic E-state index is 0.826. The normalized spacial score (nSPS) is 81.0. The van der Waals surface area contributed by atoms with Gasteiger partial charge in [0.25, 0.3) is 0 Å². The molecule has 3 fully saturated rings. The standard InChI is InChI=1S/C6H9N/c1-5-2-6(5)4-7(6)3-5/h2-4H2,1H3. The zero-order valence-corrected chi connectivity index (χ0v) is 4.57. The maximum absolute atomic E-state index is 2.58. The predicted octanol–water partition coefficient (Wildman–Crippen LogP) is 0.464. The fourth-order valence-corrected chi connectivity index (χ4v) is 2.36. The van der Waals surface area contributed by atoms with Crippen LogP contribution in [-0.2, 0) is 0 Å². The number of hydrogen-bond donors (Lipinski definition) is 0. The van der Waals surface area contributed by atoms with Crippen LogP contribution >= 0.6 is 0 Å². The van der Waals surface area contributed by atoms with E-state index in [9.17, 15) is 0 Å². The van der Waals surface area contributed by atoms with Gasteiger partial charge < -0.3 is 0 Å². The summed E-state index contributed by atoms with van der Waals surface area (Å²) in [6, 6.07) is 0. The molecule has 0 aromatic carbocycles. The quantitative estimate of drug-likeness (QED) is 0.395. The van der Waals surface area contributed by atoms with Crippen LogP contribution in [0.15, 0.2) is 0 Å². The predicted molar refractivity (Wildman–Crippen MR) is 27.0 cm³/mol. The highest BCUT2D eigenvalue weighted by Gasteiger charge is 2.85. The van der Waals surface area contributed by atoms with Crippen molar-refractivity contribution in [1.82, 2.24) is 4.90 Å². The molecule has 1 aliphatic carbocycles.